The van der Waals surface area contributed by atoms with Gasteiger partial charge in [0, 0.05) is 12.2 Å². The van der Waals surface area contributed by atoms with Crippen molar-refractivity contribution in [3.63, 3.8) is 0 Å². The zero-order valence-electron chi connectivity index (χ0n) is 8.91. The largest absolute Gasteiger partial charge is 0.480 e. The van der Waals surface area contributed by atoms with Crippen LogP contribution >= 0.6 is 0 Å². The first-order valence-corrected chi connectivity index (χ1v) is 6.07. The van der Waals surface area contributed by atoms with E-state index in [0.717, 1.165) is 0 Å². The van der Waals surface area contributed by atoms with Crippen molar-refractivity contribution in [3.05, 3.63) is 12.4 Å². The number of aliphatic carboxylic acids is 1. The van der Waals surface area contributed by atoms with Crippen molar-refractivity contribution >= 4 is 16.0 Å². The highest BCUT2D eigenvalue weighted by atomic mass is 32.2. The van der Waals surface area contributed by atoms with Gasteiger partial charge in [-0.3, -0.25) is 9.48 Å². The normalized spacial score (nSPS) is 11.9. The number of carbonyl (C=O) groups is 1. The molecule has 0 aliphatic carbocycles. The van der Waals surface area contributed by atoms with Gasteiger partial charge in [-0.1, -0.05) is 0 Å². The fourth-order valence-corrected chi connectivity index (χ4v) is 1.89. The van der Waals surface area contributed by atoms with E-state index in [1.807, 2.05) is 18.6 Å². The molecule has 0 aliphatic rings. The maximum atomic E-state index is 11.5. The maximum Gasteiger partial charge on any atom is 0.318 e. The standard InChI is InChI=1S/C8H13N3O4S/c1-6(2)11-5-7(3-9-11)16(14,15)10-4-8(12)13/h3,5-6,10H,4H2,1-2H3,(H,12,13). The summed E-state index contributed by atoms with van der Waals surface area (Å²) < 4.78 is 26.5. The molecule has 8 heteroatoms. The van der Waals surface area contributed by atoms with Crippen LogP contribution in [0.15, 0.2) is 17.3 Å². The molecule has 1 aromatic heterocycles. The van der Waals surface area contributed by atoms with Gasteiger partial charge in [0.1, 0.15) is 11.4 Å². The molecule has 90 valence electrons. The predicted octanol–water partition coefficient (Wildman–Crippen LogP) is -0.173. The molecule has 7 nitrogen and oxygen atoms in total. The monoisotopic (exact) mass is 247 g/mol. The molecule has 0 amide bonds. The highest BCUT2D eigenvalue weighted by molar-refractivity contribution is 7.89. The van der Waals surface area contributed by atoms with Gasteiger partial charge in [0.25, 0.3) is 0 Å². The summed E-state index contributed by atoms with van der Waals surface area (Å²) in [4.78, 5) is 10.2. The van der Waals surface area contributed by atoms with Crippen LogP contribution in [0.4, 0.5) is 0 Å². The Labute approximate surface area is 93.1 Å². The second-order valence-corrected chi connectivity index (χ2v) is 5.24. The van der Waals surface area contributed by atoms with Gasteiger partial charge in [-0.2, -0.15) is 9.82 Å². The fourth-order valence-electron chi connectivity index (χ4n) is 0.982. The van der Waals surface area contributed by atoms with Crippen molar-refractivity contribution in [2.24, 2.45) is 0 Å². The van der Waals surface area contributed by atoms with Crippen molar-refractivity contribution in [1.82, 2.24) is 14.5 Å². The van der Waals surface area contributed by atoms with Gasteiger partial charge < -0.3 is 5.11 Å². The summed E-state index contributed by atoms with van der Waals surface area (Å²) in [6, 6.07) is 0.0448. The Bertz CT molecular complexity index is 477. The molecular weight excluding hydrogens is 234 g/mol. The lowest BCUT2D eigenvalue weighted by molar-refractivity contribution is -0.135. The Morgan fingerprint density at radius 1 is 1.62 bits per heavy atom. The van der Waals surface area contributed by atoms with E-state index in [-0.39, 0.29) is 10.9 Å². The highest BCUT2D eigenvalue weighted by Crippen LogP contribution is 2.10. The quantitative estimate of drug-likeness (QED) is 0.752. The first-order chi connectivity index (χ1) is 7.33. The van der Waals surface area contributed by atoms with Crippen molar-refractivity contribution in [3.8, 4) is 0 Å². The van der Waals surface area contributed by atoms with E-state index in [4.69, 9.17) is 5.11 Å². The molecule has 0 unspecified atom stereocenters. The van der Waals surface area contributed by atoms with Crippen LogP contribution in [0.5, 0.6) is 0 Å². The molecule has 0 fully saturated rings. The number of rotatable bonds is 5. The number of sulfonamides is 1. The van der Waals surface area contributed by atoms with Crippen molar-refractivity contribution in [2.75, 3.05) is 6.54 Å². The highest BCUT2D eigenvalue weighted by Gasteiger charge is 2.17. The molecule has 1 heterocycles. The smallest absolute Gasteiger partial charge is 0.318 e. The van der Waals surface area contributed by atoms with Crippen LogP contribution in [0.25, 0.3) is 0 Å². The lowest BCUT2D eigenvalue weighted by Gasteiger charge is -2.03. The van der Waals surface area contributed by atoms with Crippen molar-refractivity contribution in [2.45, 2.75) is 24.8 Å². The molecule has 0 saturated carbocycles. The third-order valence-corrected chi connectivity index (χ3v) is 3.19. The molecular formula is C8H13N3O4S. The summed E-state index contributed by atoms with van der Waals surface area (Å²) in [5.41, 5.74) is 0. The summed E-state index contributed by atoms with van der Waals surface area (Å²) in [7, 11) is -3.78. The number of hydrogen-bond acceptors (Lipinski definition) is 4. The molecule has 16 heavy (non-hydrogen) atoms. The molecule has 0 atom stereocenters. The van der Waals surface area contributed by atoms with Gasteiger partial charge in [0.15, 0.2) is 0 Å². The van der Waals surface area contributed by atoms with Crippen molar-refractivity contribution < 1.29 is 18.3 Å². The number of nitrogens with one attached hydrogen (secondary N) is 1. The maximum absolute atomic E-state index is 11.5. The zero-order chi connectivity index (χ0) is 12.3. The topological polar surface area (TPSA) is 101 Å². The van der Waals surface area contributed by atoms with Crippen LogP contribution in [0, 0.1) is 0 Å². The van der Waals surface area contributed by atoms with Crippen LogP contribution < -0.4 is 4.72 Å². The van der Waals surface area contributed by atoms with E-state index in [9.17, 15) is 13.2 Å². The van der Waals surface area contributed by atoms with Gasteiger partial charge in [-0.15, -0.1) is 0 Å². The summed E-state index contributed by atoms with van der Waals surface area (Å²) in [6.45, 7) is 3.07. The number of carboxylic acids is 1. The molecule has 0 aromatic carbocycles. The second kappa shape index (κ2) is 4.62. The average molecular weight is 247 g/mol. The lowest BCUT2D eigenvalue weighted by atomic mass is 10.4. The molecule has 0 aliphatic heterocycles. The van der Waals surface area contributed by atoms with E-state index in [2.05, 4.69) is 5.10 Å². The third-order valence-electron chi connectivity index (χ3n) is 1.83. The Morgan fingerprint density at radius 2 is 2.25 bits per heavy atom. The van der Waals surface area contributed by atoms with E-state index in [1.165, 1.54) is 17.1 Å². The molecule has 0 spiro atoms. The van der Waals surface area contributed by atoms with Crippen LogP contribution in [0.1, 0.15) is 19.9 Å². The van der Waals surface area contributed by atoms with E-state index in [1.54, 1.807) is 0 Å². The Kier molecular flexibility index (Phi) is 3.66. The van der Waals surface area contributed by atoms with Gasteiger partial charge in [-0.05, 0) is 13.8 Å². The van der Waals surface area contributed by atoms with Gasteiger partial charge in [0.2, 0.25) is 10.0 Å². The summed E-state index contributed by atoms with van der Waals surface area (Å²) >= 11 is 0. The number of aromatic nitrogens is 2. The summed E-state index contributed by atoms with van der Waals surface area (Å²) in [5, 5.41) is 12.2. The van der Waals surface area contributed by atoms with Crippen molar-refractivity contribution in [1.29, 1.82) is 0 Å². The minimum Gasteiger partial charge on any atom is -0.480 e. The zero-order valence-corrected chi connectivity index (χ0v) is 9.73. The second-order valence-electron chi connectivity index (χ2n) is 3.47. The van der Waals surface area contributed by atoms with Crippen LogP contribution in [0.2, 0.25) is 0 Å². The molecule has 1 aromatic rings. The molecule has 0 radical (unpaired) electrons. The first kappa shape index (κ1) is 12.7. The van der Waals surface area contributed by atoms with E-state index < -0.39 is 22.5 Å². The van der Waals surface area contributed by atoms with Crippen LogP contribution in [0.3, 0.4) is 0 Å². The van der Waals surface area contributed by atoms with E-state index >= 15 is 0 Å². The number of nitrogens with zero attached hydrogens (tertiary/aromatic N) is 2. The number of carboxylic acid groups (broad SMARTS) is 1. The third kappa shape index (κ3) is 3.04. The fraction of sp³-hybridized carbons (Fsp3) is 0.500. The Morgan fingerprint density at radius 3 is 2.69 bits per heavy atom. The van der Waals surface area contributed by atoms with E-state index in [0.29, 0.717) is 0 Å². The van der Waals surface area contributed by atoms with Gasteiger partial charge >= 0.3 is 5.97 Å². The summed E-state index contributed by atoms with van der Waals surface area (Å²) in [6.07, 6.45) is 2.54. The van der Waals surface area contributed by atoms with Crippen LogP contribution in [-0.2, 0) is 14.8 Å². The molecule has 0 saturated heterocycles. The minimum absolute atomic E-state index is 0.0394. The summed E-state index contributed by atoms with van der Waals surface area (Å²) in [5.74, 6) is -1.24. The lowest BCUT2D eigenvalue weighted by Crippen LogP contribution is -2.29. The van der Waals surface area contributed by atoms with Gasteiger partial charge in [-0.25, -0.2) is 8.42 Å². The molecule has 1 rings (SSSR count). The first-order valence-electron chi connectivity index (χ1n) is 4.58. The van der Waals surface area contributed by atoms with Crippen LogP contribution in [-0.4, -0.2) is 35.8 Å². The van der Waals surface area contributed by atoms with Gasteiger partial charge in [0.05, 0.1) is 6.20 Å². The molecule has 0 bridgehead atoms. The predicted molar refractivity (Wildman–Crippen MR) is 55.4 cm³/mol. The minimum atomic E-state index is -3.78. The average Bonchev–Trinajstić information content (AvgIpc) is 2.64. The molecule has 2 N–H and O–H groups in total. The SMILES string of the molecule is CC(C)n1cc(S(=O)(=O)NCC(=O)O)cn1. The number of hydrogen-bond donors (Lipinski definition) is 2. The Balaban J connectivity index is 2.86. The Hall–Kier alpha value is -1.41.